The van der Waals surface area contributed by atoms with E-state index in [1.807, 2.05) is 16.7 Å². The van der Waals surface area contributed by atoms with E-state index < -0.39 is 9.84 Å². The summed E-state index contributed by atoms with van der Waals surface area (Å²) < 4.78 is 30.7. The molecule has 0 aliphatic carbocycles. The fourth-order valence-corrected chi connectivity index (χ4v) is 3.66. The first-order chi connectivity index (χ1) is 9.59. The summed E-state index contributed by atoms with van der Waals surface area (Å²) in [6, 6.07) is 3.62. The standard InChI is InChI=1S/C14H16N2O3S/c1-2-3-12-4-5-13(19-12)14-15-7-8-16(14)11-6-9-20(17,18)10-11/h4-9,11H,2-3,10H2,1H3/t11-/m1/s1. The maximum absolute atomic E-state index is 11.5. The van der Waals surface area contributed by atoms with Crippen LogP contribution in [0.1, 0.15) is 25.1 Å². The molecule has 3 heterocycles. The van der Waals surface area contributed by atoms with Crippen LogP contribution in [0.4, 0.5) is 0 Å². The summed E-state index contributed by atoms with van der Waals surface area (Å²) in [6.07, 6.45) is 7.04. The molecule has 0 amide bonds. The van der Waals surface area contributed by atoms with E-state index in [0.29, 0.717) is 11.6 Å². The molecule has 2 aromatic heterocycles. The molecule has 3 rings (SSSR count). The number of rotatable bonds is 4. The highest BCUT2D eigenvalue weighted by atomic mass is 32.2. The van der Waals surface area contributed by atoms with E-state index in [-0.39, 0.29) is 11.8 Å². The minimum absolute atomic E-state index is 0.0822. The zero-order valence-electron chi connectivity index (χ0n) is 11.2. The second-order valence-electron chi connectivity index (χ2n) is 4.90. The van der Waals surface area contributed by atoms with Crippen LogP contribution < -0.4 is 0 Å². The summed E-state index contributed by atoms with van der Waals surface area (Å²) in [7, 11) is -3.08. The Bertz CT molecular complexity index is 740. The van der Waals surface area contributed by atoms with E-state index in [4.69, 9.17) is 4.42 Å². The normalized spacial score (nSPS) is 20.6. The summed E-state index contributed by atoms with van der Waals surface area (Å²) in [5.41, 5.74) is 0. The van der Waals surface area contributed by atoms with Crippen molar-refractivity contribution in [1.82, 2.24) is 9.55 Å². The molecule has 1 atom stereocenters. The highest BCUT2D eigenvalue weighted by Gasteiger charge is 2.25. The van der Waals surface area contributed by atoms with Crippen LogP contribution >= 0.6 is 0 Å². The van der Waals surface area contributed by atoms with Gasteiger partial charge in [-0.3, -0.25) is 0 Å². The summed E-state index contributed by atoms with van der Waals surface area (Å²) in [4.78, 5) is 4.29. The lowest BCUT2D eigenvalue weighted by molar-refractivity contribution is 0.509. The number of imidazole rings is 1. The van der Waals surface area contributed by atoms with E-state index in [9.17, 15) is 8.42 Å². The van der Waals surface area contributed by atoms with Crippen LogP contribution in [-0.2, 0) is 16.3 Å². The Morgan fingerprint density at radius 1 is 1.45 bits per heavy atom. The third-order valence-corrected chi connectivity index (χ3v) is 4.69. The fraction of sp³-hybridized carbons (Fsp3) is 0.357. The molecule has 0 N–H and O–H groups in total. The molecule has 0 fully saturated rings. The third-order valence-electron chi connectivity index (χ3n) is 3.32. The molecule has 0 spiro atoms. The van der Waals surface area contributed by atoms with E-state index in [2.05, 4.69) is 11.9 Å². The highest BCUT2D eigenvalue weighted by molar-refractivity contribution is 7.94. The molecule has 0 bridgehead atoms. The van der Waals surface area contributed by atoms with Gasteiger partial charge in [0.2, 0.25) is 0 Å². The molecule has 6 heteroatoms. The van der Waals surface area contributed by atoms with Crippen LogP contribution in [0, 0.1) is 0 Å². The Morgan fingerprint density at radius 3 is 3.00 bits per heavy atom. The Balaban J connectivity index is 1.92. The quantitative estimate of drug-likeness (QED) is 0.868. The van der Waals surface area contributed by atoms with Gasteiger partial charge >= 0.3 is 0 Å². The second-order valence-corrected chi connectivity index (χ2v) is 6.83. The van der Waals surface area contributed by atoms with Gasteiger partial charge in [0.1, 0.15) is 5.76 Å². The molecule has 106 valence electrons. The molecule has 0 saturated heterocycles. The van der Waals surface area contributed by atoms with E-state index >= 15 is 0 Å². The Labute approximate surface area is 117 Å². The summed E-state index contributed by atoms with van der Waals surface area (Å²) in [6.45, 7) is 2.09. The number of allylic oxidation sites excluding steroid dienone is 1. The van der Waals surface area contributed by atoms with Gasteiger partial charge in [-0.25, -0.2) is 13.4 Å². The van der Waals surface area contributed by atoms with Gasteiger partial charge in [-0.05, 0) is 24.6 Å². The summed E-state index contributed by atoms with van der Waals surface area (Å²) in [5, 5.41) is 1.27. The highest BCUT2D eigenvalue weighted by Crippen LogP contribution is 2.28. The van der Waals surface area contributed by atoms with Crippen molar-refractivity contribution in [3.63, 3.8) is 0 Å². The lowest BCUT2D eigenvalue weighted by Gasteiger charge is -2.11. The van der Waals surface area contributed by atoms with E-state index in [1.165, 1.54) is 5.41 Å². The maximum Gasteiger partial charge on any atom is 0.176 e. The van der Waals surface area contributed by atoms with Crippen LogP contribution in [0.3, 0.4) is 0 Å². The first-order valence-electron chi connectivity index (χ1n) is 6.62. The molecule has 0 radical (unpaired) electrons. The first kappa shape index (κ1) is 13.2. The Morgan fingerprint density at radius 2 is 2.30 bits per heavy atom. The van der Waals surface area contributed by atoms with Crippen LogP contribution in [0.2, 0.25) is 0 Å². The third kappa shape index (κ3) is 2.43. The van der Waals surface area contributed by atoms with Crippen molar-refractivity contribution in [3.05, 3.63) is 41.8 Å². The lowest BCUT2D eigenvalue weighted by atomic mass is 10.3. The van der Waals surface area contributed by atoms with Crippen molar-refractivity contribution in [1.29, 1.82) is 0 Å². The minimum atomic E-state index is -3.08. The topological polar surface area (TPSA) is 65.1 Å². The van der Waals surface area contributed by atoms with Crippen molar-refractivity contribution < 1.29 is 12.8 Å². The number of aromatic nitrogens is 2. The zero-order chi connectivity index (χ0) is 14.2. The molecule has 0 aromatic carbocycles. The first-order valence-corrected chi connectivity index (χ1v) is 8.33. The van der Waals surface area contributed by atoms with E-state index in [1.54, 1.807) is 18.5 Å². The van der Waals surface area contributed by atoms with Gasteiger partial charge in [0, 0.05) is 24.2 Å². The van der Waals surface area contributed by atoms with Gasteiger partial charge in [0.15, 0.2) is 21.4 Å². The van der Waals surface area contributed by atoms with Gasteiger partial charge in [0.25, 0.3) is 0 Å². The second kappa shape index (κ2) is 4.94. The lowest BCUT2D eigenvalue weighted by Crippen LogP contribution is -2.11. The average Bonchev–Trinajstić information content (AvgIpc) is 3.07. The average molecular weight is 292 g/mol. The van der Waals surface area contributed by atoms with Crippen molar-refractivity contribution in [2.24, 2.45) is 0 Å². The predicted molar refractivity (Wildman–Crippen MR) is 75.9 cm³/mol. The Hall–Kier alpha value is -1.82. The van der Waals surface area contributed by atoms with Crippen LogP contribution in [0.15, 0.2) is 40.4 Å². The largest absolute Gasteiger partial charge is 0.458 e. The van der Waals surface area contributed by atoms with Crippen molar-refractivity contribution in [3.8, 4) is 11.6 Å². The number of furan rings is 1. The molecule has 5 nitrogen and oxygen atoms in total. The number of nitrogens with zero attached hydrogens (tertiary/aromatic N) is 2. The molecular formula is C14H16N2O3S. The smallest absolute Gasteiger partial charge is 0.176 e. The van der Waals surface area contributed by atoms with Crippen LogP contribution in [0.5, 0.6) is 0 Å². The molecule has 1 aliphatic rings. The van der Waals surface area contributed by atoms with Crippen molar-refractivity contribution in [2.45, 2.75) is 25.8 Å². The molecular weight excluding hydrogens is 276 g/mol. The number of sulfone groups is 1. The van der Waals surface area contributed by atoms with Gasteiger partial charge < -0.3 is 8.98 Å². The van der Waals surface area contributed by atoms with Crippen LogP contribution in [0.25, 0.3) is 11.6 Å². The molecule has 1 aliphatic heterocycles. The maximum atomic E-state index is 11.5. The molecule has 0 saturated carbocycles. The van der Waals surface area contributed by atoms with Gasteiger partial charge in [-0.1, -0.05) is 6.92 Å². The van der Waals surface area contributed by atoms with Gasteiger partial charge in [-0.2, -0.15) is 0 Å². The number of hydrogen-bond donors (Lipinski definition) is 0. The van der Waals surface area contributed by atoms with Crippen LogP contribution in [-0.4, -0.2) is 23.7 Å². The molecule has 20 heavy (non-hydrogen) atoms. The molecule has 2 aromatic rings. The zero-order valence-corrected chi connectivity index (χ0v) is 12.0. The molecule has 0 unspecified atom stereocenters. The minimum Gasteiger partial charge on any atom is -0.458 e. The van der Waals surface area contributed by atoms with Gasteiger partial charge in [-0.15, -0.1) is 0 Å². The number of aryl methyl sites for hydroxylation is 1. The van der Waals surface area contributed by atoms with Crippen molar-refractivity contribution in [2.75, 3.05) is 5.75 Å². The predicted octanol–water partition coefficient (Wildman–Crippen LogP) is 2.58. The SMILES string of the molecule is CCCc1ccc(-c2nccn2[C@@H]2C=CS(=O)(=O)C2)o1. The number of hydrogen-bond acceptors (Lipinski definition) is 4. The van der Waals surface area contributed by atoms with E-state index in [0.717, 1.165) is 18.6 Å². The summed E-state index contributed by atoms with van der Waals surface area (Å²) >= 11 is 0. The monoisotopic (exact) mass is 292 g/mol. The van der Waals surface area contributed by atoms with Gasteiger partial charge in [0.05, 0.1) is 11.8 Å². The van der Waals surface area contributed by atoms with Crippen molar-refractivity contribution >= 4 is 9.84 Å². The summed E-state index contributed by atoms with van der Waals surface area (Å²) in [5.74, 6) is 2.35. The fourth-order valence-electron chi connectivity index (χ4n) is 2.38. The Kier molecular flexibility index (Phi) is 3.25.